The monoisotopic (exact) mass is 262 g/mol. The number of rotatable bonds is 3. The van der Waals surface area contributed by atoms with E-state index in [1.54, 1.807) is 14.0 Å². The number of benzene rings is 1. The van der Waals surface area contributed by atoms with Gasteiger partial charge in [-0.3, -0.25) is 4.79 Å². The Hall–Kier alpha value is -1.39. The third-order valence-electron chi connectivity index (χ3n) is 3.88. The molecule has 4 nitrogen and oxygen atoms in total. The molecule has 0 spiro atoms. The van der Waals surface area contributed by atoms with Crippen molar-refractivity contribution in [2.45, 2.75) is 31.4 Å². The lowest BCUT2D eigenvalue weighted by Gasteiger charge is -2.36. The maximum absolute atomic E-state index is 12.6. The molecule has 0 bridgehead atoms. The number of likely N-dealkylation sites (tertiary alicyclic amines) is 1. The maximum atomic E-state index is 12.6. The zero-order chi connectivity index (χ0) is 13.9. The highest BCUT2D eigenvalue weighted by molar-refractivity contribution is 5.87. The van der Waals surface area contributed by atoms with E-state index in [9.17, 15) is 4.79 Å². The molecule has 0 aromatic heterocycles. The van der Waals surface area contributed by atoms with Crippen molar-refractivity contribution in [3.8, 4) is 0 Å². The Labute approximate surface area is 114 Å². The van der Waals surface area contributed by atoms with Gasteiger partial charge < -0.3 is 15.4 Å². The normalized spacial score (nSPS) is 20.1. The number of amides is 1. The van der Waals surface area contributed by atoms with Crippen LogP contribution in [0.15, 0.2) is 30.3 Å². The molecule has 1 aromatic carbocycles. The van der Waals surface area contributed by atoms with E-state index < -0.39 is 5.54 Å². The van der Waals surface area contributed by atoms with Gasteiger partial charge >= 0.3 is 0 Å². The minimum absolute atomic E-state index is 0.00625. The summed E-state index contributed by atoms with van der Waals surface area (Å²) in [5.74, 6) is -0.00625. The van der Waals surface area contributed by atoms with E-state index in [0.717, 1.165) is 31.5 Å². The van der Waals surface area contributed by atoms with Gasteiger partial charge in [-0.05, 0) is 25.3 Å². The summed E-state index contributed by atoms with van der Waals surface area (Å²) in [7, 11) is 1.72. The first-order chi connectivity index (χ1) is 9.05. The fraction of sp³-hybridized carbons (Fsp3) is 0.533. The summed E-state index contributed by atoms with van der Waals surface area (Å²) in [6.07, 6.45) is 2.03. The Balaban J connectivity index is 2.07. The molecule has 1 amide bonds. The van der Waals surface area contributed by atoms with Crippen molar-refractivity contribution in [1.82, 2.24) is 4.90 Å². The average molecular weight is 262 g/mol. The number of ether oxygens (including phenoxy) is 1. The molecule has 104 valence electrons. The lowest BCUT2D eigenvalue weighted by atomic mass is 9.90. The quantitative estimate of drug-likeness (QED) is 0.898. The summed E-state index contributed by atoms with van der Waals surface area (Å²) in [4.78, 5) is 14.4. The molecule has 1 fully saturated rings. The summed E-state index contributed by atoms with van der Waals surface area (Å²) in [5.41, 5.74) is 6.16. The van der Waals surface area contributed by atoms with Crippen LogP contribution in [0.2, 0.25) is 0 Å². The number of piperidine rings is 1. The molecule has 1 aliphatic rings. The van der Waals surface area contributed by atoms with Crippen molar-refractivity contribution >= 4 is 5.91 Å². The van der Waals surface area contributed by atoms with E-state index in [1.165, 1.54) is 0 Å². The van der Waals surface area contributed by atoms with Gasteiger partial charge in [-0.15, -0.1) is 0 Å². The summed E-state index contributed by atoms with van der Waals surface area (Å²) in [5, 5.41) is 0. The van der Waals surface area contributed by atoms with E-state index in [1.807, 2.05) is 35.2 Å². The number of carbonyl (C=O) groups excluding carboxylic acids is 1. The lowest BCUT2D eigenvalue weighted by molar-refractivity contribution is -0.139. The number of carbonyl (C=O) groups is 1. The lowest BCUT2D eigenvalue weighted by Crippen LogP contribution is -2.53. The molecule has 1 heterocycles. The zero-order valence-corrected chi connectivity index (χ0v) is 11.6. The standard InChI is InChI=1S/C15H22N2O2/c1-15(16,12-6-4-3-5-7-12)14(18)17-10-8-13(19-2)9-11-17/h3-7,13H,8-11,16H2,1-2H3. The number of nitrogens with two attached hydrogens (primary N) is 1. The largest absolute Gasteiger partial charge is 0.381 e. The molecule has 0 saturated carbocycles. The third kappa shape index (κ3) is 2.96. The molecule has 0 aliphatic carbocycles. The van der Waals surface area contributed by atoms with Crippen molar-refractivity contribution in [2.24, 2.45) is 5.73 Å². The molecule has 19 heavy (non-hydrogen) atoms. The summed E-state index contributed by atoms with van der Waals surface area (Å²) >= 11 is 0. The highest BCUT2D eigenvalue weighted by Crippen LogP contribution is 2.23. The number of hydrogen-bond donors (Lipinski definition) is 1. The van der Waals surface area contributed by atoms with Gasteiger partial charge in [0.05, 0.1) is 6.10 Å². The molecular formula is C15H22N2O2. The van der Waals surface area contributed by atoms with Crippen LogP contribution in [0, 0.1) is 0 Å². The fourth-order valence-corrected chi connectivity index (χ4v) is 2.53. The van der Waals surface area contributed by atoms with Crippen LogP contribution in [-0.2, 0) is 15.1 Å². The second-order valence-corrected chi connectivity index (χ2v) is 5.30. The predicted octanol–water partition coefficient (Wildman–Crippen LogP) is 1.50. The third-order valence-corrected chi connectivity index (χ3v) is 3.88. The van der Waals surface area contributed by atoms with Gasteiger partial charge in [-0.25, -0.2) is 0 Å². The van der Waals surface area contributed by atoms with Crippen LogP contribution in [0.4, 0.5) is 0 Å². The Morgan fingerprint density at radius 2 is 1.89 bits per heavy atom. The number of hydrogen-bond acceptors (Lipinski definition) is 3. The summed E-state index contributed by atoms with van der Waals surface area (Å²) in [6.45, 7) is 3.22. The first-order valence-electron chi connectivity index (χ1n) is 6.72. The minimum Gasteiger partial charge on any atom is -0.381 e. The first-order valence-corrected chi connectivity index (χ1v) is 6.72. The minimum atomic E-state index is -0.957. The highest BCUT2D eigenvalue weighted by Gasteiger charge is 2.35. The maximum Gasteiger partial charge on any atom is 0.246 e. The van der Waals surface area contributed by atoms with Crippen LogP contribution in [-0.4, -0.2) is 37.1 Å². The van der Waals surface area contributed by atoms with E-state index >= 15 is 0 Å². The van der Waals surface area contributed by atoms with Gasteiger partial charge in [0, 0.05) is 20.2 Å². The Bertz CT molecular complexity index is 423. The SMILES string of the molecule is COC1CCN(C(=O)C(C)(N)c2ccccc2)CC1. The van der Waals surface area contributed by atoms with Crippen molar-refractivity contribution < 1.29 is 9.53 Å². The van der Waals surface area contributed by atoms with Crippen LogP contribution in [0.25, 0.3) is 0 Å². The molecule has 4 heteroatoms. The van der Waals surface area contributed by atoms with E-state index in [0.29, 0.717) is 0 Å². The molecular weight excluding hydrogens is 240 g/mol. The molecule has 2 rings (SSSR count). The second-order valence-electron chi connectivity index (χ2n) is 5.30. The van der Waals surface area contributed by atoms with Gasteiger partial charge in [-0.2, -0.15) is 0 Å². The smallest absolute Gasteiger partial charge is 0.246 e. The Kier molecular flexibility index (Phi) is 4.22. The van der Waals surface area contributed by atoms with Gasteiger partial charge in [0.1, 0.15) is 5.54 Å². The van der Waals surface area contributed by atoms with Gasteiger partial charge in [0.2, 0.25) is 5.91 Å². The molecule has 0 radical (unpaired) electrons. The Morgan fingerprint density at radius 1 is 1.32 bits per heavy atom. The first kappa shape index (κ1) is 14.0. The fourth-order valence-electron chi connectivity index (χ4n) is 2.53. The van der Waals surface area contributed by atoms with Crippen LogP contribution < -0.4 is 5.73 Å². The van der Waals surface area contributed by atoms with Crippen LogP contribution in [0.3, 0.4) is 0 Å². The summed E-state index contributed by atoms with van der Waals surface area (Å²) in [6, 6.07) is 9.55. The van der Waals surface area contributed by atoms with Crippen LogP contribution in [0.1, 0.15) is 25.3 Å². The molecule has 1 unspecified atom stereocenters. The Morgan fingerprint density at radius 3 is 2.42 bits per heavy atom. The number of methoxy groups -OCH3 is 1. The van der Waals surface area contributed by atoms with E-state index in [-0.39, 0.29) is 12.0 Å². The molecule has 2 N–H and O–H groups in total. The van der Waals surface area contributed by atoms with Crippen LogP contribution >= 0.6 is 0 Å². The van der Waals surface area contributed by atoms with Crippen molar-refractivity contribution in [2.75, 3.05) is 20.2 Å². The van der Waals surface area contributed by atoms with Crippen LogP contribution in [0.5, 0.6) is 0 Å². The highest BCUT2D eigenvalue weighted by atomic mass is 16.5. The topological polar surface area (TPSA) is 55.6 Å². The molecule has 1 aliphatic heterocycles. The van der Waals surface area contributed by atoms with Crippen molar-refractivity contribution in [3.63, 3.8) is 0 Å². The molecule has 1 atom stereocenters. The van der Waals surface area contributed by atoms with Gasteiger partial charge in [0.25, 0.3) is 0 Å². The van der Waals surface area contributed by atoms with Crippen molar-refractivity contribution in [3.05, 3.63) is 35.9 Å². The predicted molar refractivity (Wildman–Crippen MR) is 74.6 cm³/mol. The zero-order valence-electron chi connectivity index (χ0n) is 11.6. The molecule has 1 saturated heterocycles. The van der Waals surface area contributed by atoms with Gasteiger partial charge in [-0.1, -0.05) is 30.3 Å². The van der Waals surface area contributed by atoms with Crippen molar-refractivity contribution in [1.29, 1.82) is 0 Å². The number of nitrogens with zero attached hydrogens (tertiary/aromatic N) is 1. The van der Waals surface area contributed by atoms with Gasteiger partial charge in [0.15, 0.2) is 0 Å². The molecule has 1 aromatic rings. The van der Waals surface area contributed by atoms with E-state index in [2.05, 4.69) is 0 Å². The second kappa shape index (κ2) is 5.72. The van der Waals surface area contributed by atoms with E-state index in [4.69, 9.17) is 10.5 Å². The average Bonchev–Trinajstić information content (AvgIpc) is 2.47. The summed E-state index contributed by atoms with van der Waals surface area (Å²) < 4.78 is 5.32.